The van der Waals surface area contributed by atoms with Crippen LogP contribution in [0.5, 0.6) is 0 Å². The molecule has 0 nitrogen and oxygen atoms in total. The second-order valence-corrected chi connectivity index (χ2v) is 15.4. The molecule has 0 heteroatoms. The Morgan fingerprint density at radius 2 is 1.05 bits per heavy atom. The van der Waals surface area contributed by atoms with Gasteiger partial charge in [-0.05, 0) is 123 Å². The highest BCUT2D eigenvalue weighted by atomic mass is 14.5. The monoisotopic (exact) mass is 566 g/mol. The molecule has 9 rings (SSSR count). The molecule has 0 unspecified atom stereocenters. The summed E-state index contributed by atoms with van der Waals surface area (Å²) in [6.07, 6.45) is 0. The molecule has 44 heavy (non-hydrogen) atoms. The molecular formula is C44H38. The summed E-state index contributed by atoms with van der Waals surface area (Å²) in [5.41, 5.74) is 15.3. The van der Waals surface area contributed by atoms with Crippen LogP contribution in [-0.2, 0) is 16.2 Å². The van der Waals surface area contributed by atoms with Crippen LogP contribution in [0.2, 0.25) is 0 Å². The number of fused-ring (bicyclic) bond motifs is 7. The van der Waals surface area contributed by atoms with E-state index in [2.05, 4.69) is 152 Å². The lowest BCUT2D eigenvalue weighted by Crippen LogP contribution is -2.17. The fourth-order valence-electron chi connectivity index (χ4n) is 8.59. The van der Waals surface area contributed by atoms with E-state index in [-0.39, 0.29) is 16.2 Å². The van der Waals surface area contributed by atoms with Gasteiger partial charge in [0.05, 0.1) is 0 Å². The average molecular weight is 567 g/mol. The summed E-state index contributed by atoms with van der Waals surface area (Å²) in [6.45, 7) is 16.6. The van der Waals surface area contributed by atoms with Gasteiger partial charge in [0, 0.05) is 10.8 Å². The van der Waals surface area contributed by atoms with Crippen LogP contribution in [0.25, 0.3) is 65.7 Å². The maximum atomic E-state index is 2.56. The van der Waals surface area contributed by atoms with Gasteiger partial charge in [-0.2, -0.15) is 0 Å². The van der Waals surface area contributed by atoms with Gasteiger partial charge in [-0.15, -0.1) is 0 Å². The lowest BCUT2D eigenvalue weighted by atomic mass is 9.79. The molecule has 0 radical (unpaired) electrons. The highest BCUT2D eigenvalue weighted by molar-refractivity contribution is 6.26. The SMILES string of the molecule is CC(C)(C)c1cc2ccc3cc4c(c5ccc(c1)c2c35)-c1cc2c(cc1C4(C)C)-c1cc(-c3ccccc3)ccc1C2(C)C. The molecule has 0 spiro atoms. The van der Waals surface area contributed by atoms with Crippen LogP contribution in [0.3, 0.4) is 0 Å². The summed E-state index contributed by atoms with van der Waals surface area (Å²) < 4.78 is 0. The summed E-state index contributed by atoms with van der Waals surface area (Å²) in [5.74, 6) is 0. The molecule has 214 valence electrons. The van der Waals surface area contributed by atoms with E-state index in [4.69, 9.17) is 0 Å². The summed E-state index contributed by atoms with van der Waals surface area (Å²) >= 11 is 0. The van der Waals surface area contributed by atoms with E-state index in [1.54, 1.807) is 0 Å². The second kappa shape index (κ2) is 8.19. The van der Waals surface area contributed by atoms with Crippen LogP contribution >= 0.6 is 0 Å². The number of rotatable bonds is 1. The predicted molar refractivity (Wildman–Crippen MR) is 189 cm³/mol. The van der Waals surface area contributed by atoms with Crippen molar-refractivity contribution in [3.8, 4) is 33.4 Å². The quantitative estimate of drug-likeness (QED) is 0.173. The minimum atomic E-state index is -0.0898. The Morgan fingerprint density at radius 3 is 1.75 bits per heavy atom. The van der Waals surface area contributed by atoms with Crippen molar-refractivity contribution in [1.82, 2.24) is 0 Å². The highest BCUT2D eigenvalue weighted by Crippen LogP contribution is 2.58. The molecule has 0 heterocycles. The van der Waals surface area contributed by atoms with Crippen LogP contribution in [0.1, 0.15) is 76.3 Å². The highest BCUT2D eigenvalue weighted by Gasteiger charge is 2.42. The first-order valence-electron chi connectivity index (χ1n) is 16.1. The average Bonchev–Trinajstić information content (AvgIpc) is 3.37. The smallest absolute Gasteiger partial charge is 0.0159 e. The van der Waals surface area contributed by atoms with Gasteiger partial charge in [0.1, 0.15) is 0 Å². The molecule has 0 saturated heterocycles. The minimum absolute atomic E-state index is 0.0606. The number of hydrogen-bond acceptors (Lipinski definition) is 0. The maximum absolute atomic E-state index is 2.56. The third kappa shape index (κ3) is 3.24. The van der Waals surface area contributed by atoms with Gasteiger partial charge in [0.15, 0.2) is 0 Å². The Bertz CT molecular complexity index is 2320. The van der Waals surface area contributed by atoms with Crippen molar-refractivity contribution in [2.45, 2.75) is 64.7 Å². The standard InChI is InChI=1S/C44H38/c1-42(2,3)30-19-27-13-14-29-22-38-41(31-17-15-28(20-30)39(27)40(29)31)34-24-36-33(23-37(34)44(38,6)7)32-21-26(25-11-9-8-10-12-25)16-18-35(32)43(36,4)5/h8-24H,1-7H3. The van der Waals surface area contributed by atoms with Gasteiger partial charge in [0.25, 0.3) is 0 Å². The van der Waals surface area contributed by atoms with E-state index >= 15 is 0 Å². The van der Waals surface area contributed by atoms with Crippen molar-refractivity contribution in [2.75, 3.05) is 0 Å². The Kier molecular flexibility index (Phi) is 4.84. The minimum Gasteiger partial charge on any atom is -0.0622 e. The first-order valence-corrected chi connectivity index (χ1v) is 16.1. The third-order valence-corrected chi connectivity index (χ3v) is 11.1. The molecule has 0 atom stereocenters. The van der Waals surface area contributed by atoms with E-state index < -0.39 is 0 Å². The van der Waals surface area contributed by atoms with Crippen LogP contribution < -0.4 is 0 Å². The van der Waals surface area contributed by atoms with Gasteiger partial charge < -0.3 is 0 Å². The van der Waals surface area contributed by atoms with Crippen molar-refractivity contribution >= 4 is 32.3 Å². The zero-order valence-corrected chi connectivity index (χ0v) is 26.8. The van der Waals surface area contributed by atoms with E-state index in [0.717, 1.165) is 0 Å². The molecule has 0 saturated carbocycles. The Labute approximate surface area is 260 Å². The number of hydrogen-bond donors (Lipinski definition) is 0. The van der Waals surface area contributed by atoms with Gasteiger partial charge in [-0.25, -0.2) is 0 Å². The van der Waals surface area contributed by atoms with Gasteiger partial charge in [0.2, 0.25) is 0 Å². The van der Waals surface area contributed by atoms with Crippen LogP contribution in [0.15, 0.2) is 103 Å². The molecule has 0 bridgehead atoms. The van der Waals surface area contributed by atoms with E-state index in [0.29, 0.717) is 0 Å². The van der Waals surface area contributed by atoms with Gasteiger partial charge >= 0.3 is 0 Å². The van der Waals surface area contributed by atoms with Crippen molar-refractivity contribution in [3.05, 3.63) is 131 Å². The van der Waals surface area contributed by atoms with Crippen LogP contribution in [-0.4, -0.2) is 0 Å². The van der Waals surface area contributed by atoms with E-state index in [9.17, 15) is 0 Å². The molecule has 0 N–H and O–H groups in total. The molecular weight excluding hydrogens is 528 g/mol. The topological polar surface area (TPSA) is 0 Å². The third-order valence-electron chi connectivity index (χ3n) is 11.1. The molecule has 7 aromatic carbocycles. The zero-order chi connectivity index (χ0) is 30.3. The summed E-state index contributed by atoms with van der Waals surface area (Å²) in [5, 5.41) is 8.27. The normalized spacial score (nSPS) is 16.0. The fraction of sp³-hybridized carbons (Fsp3) is 0.227. The predicted octanol–water partition coefficient (Wildman–Crippen LogP) is 12.2. The van der Waals surface area contributed by atoms with Crippen molar-refractivity contribution < 1.29 is 0 Å². The first-order chi connectivity index (χ1) is 20.9. The molecule has 0 amide bonds. The largest absolute Gasteiger partial charge is 0.0622 e. The van der Waals surface area contributed by atoms with Crippen molar-refractivity contribution in [1.29, 1.82) is 0 Å². The summed E-state index contributed by atoms with van der Waals surface area (Å²) in [6, 6.07) is 39.9. The number of benzene rings is 7. The lowest BCUT2D eigenvalue weighted by Gasteiger charge is -2.24. The molecule has 7 aromatic rings. The Hall–Kier alpha value is -4.42. The first kappa shape index (κ1) is 26.0. The van der Waals surface area contributed by atoms with E-state index in [1.165, 1.54) is 93.5 Å². The van der Waals surface area contributed by atoms with Crippen molar-refractivity contribution in [2.24, 2.45) is 0 Å². The fourth-order valence-corrected chi connectivity index (χ4v) is 8.59. The van der Waals surface area contributed by atoms with Crippen molar-refractivity contribution in [3.63, 3.8) is 0 Å². The van der Waals surface area contributed by atoms with E-state index in [1.807, 2.05) is 0 Å². The molecule has 0 aliphatic heterocycles. The Balaban J connectivity index is 1.32. The second-order valence-electron chi connectivity index (χ2n) is 15.4. The summed E-state index contributed by atoms with van der Waals surface area (Å²) in [7, 11) is 0. The molecule has 0 aromatic heterocycles. The van der Waals surface area contributed by atoms with Crippen LogP contribution in [0.4, 0.5) is 0 Å². The van der Waals surface area contributed by atoms with Crippen LogP contribution in [0, 0.1) is 0 Å². The van der Waals surface area contributed by atoms with Gasteiger partial charge in [-0.3, -0.25) is 0 Å². The zero-order valence-electron chi connectivity index (χ0n) is 26.8. The lowest BCUT2D eigenvalue weighted by molar-refractivity contribution is 0.591. The summed E-state index contributed by atoms with van der Waals surface area (Å²) in [4.78, 5) is 0. The molecule has 2 aliphatic carbocycles. The van der Waals surface area contributed by atoms with Gasteiger partial charge in [-0.1, -0.05) is 127 Å². The Morgan fingerprint density at radius 1 is 0.455 bits per heavy atom. The molecule has 0 fully saturated rings. The molecule has 2 aliphatic rings. The maximum Gasteiger partial charge on any atom is 0.0159 e.